The number of benzene rings is 1. The smallest absolute Gasteiger partial charge is 0.126 e. The highest BCUT2D eigenvalue weighted by Gasteiger charge is 2.16. The lowest BCUT2D eigenvalue weighted by Gasteiger charge is -2.19. The second-order valence-electron chi connectivity index (χ2n) is 4.50. The molecule has 0 aromatic heterocycles. The molecule has 0 bridgehead atoms. The van der Waals surface area contributed by atoms with Crippen molar-refractivity contribution in [3.8, 4) is 0 Å². The van der Waals surface area contributed by atoms with E-state index in [1.165, 1.54) is 12.8 Å². The van der Waals surface area contributed by atoms with Gasteiger partial charge in [-0.25, -0.2) is 4.39 Å². The van der Waals surface area contributed by atoms with Gasteiger partial charge in [0.1, 0.15) is 5.82 Å². The van der Waals surface area contributed by atoms with Crippen LogP contribution in [-0.2, 0) is 0 Å². The molecule has 0 aliphatic heterocycles. The Morgan fingerprint density at radius 3 is 2.56 bits per heavy atom. The summed E-state index contributed by atoms with van der Waals surface area (Å²) in [6.07, 6.45) is 3.48. The monoisotopic (exact) mass is 286 g/mol. The van der Waals surface area contributed by atoms with Gasteiger partial charge in [-0.05, 0) is 29.9 Å². The molecule has 1 rings (SSSR count). The summed E-state index contributed by atoms with van der Waals surface area (Å²) in [5.41, 5.74) is 0.849. The van der Waals surface area contributed by atoms with E-state index in [1.54, 1.807) is 12.1 Å². The minimum Gasteiger partial charge on any atom is -0.207 e. The van der Waals surface area contributed by atoms with Crippen LogP contribution in [0.2, 0.25) is 0 Å². The van der Waals surface area contributed by atoms with E-state index in [9.17, 15) is 4.39 Å². The van der Waals surface area contributed by atoms with Crippen molar-refractivity contribution >= 4 is 15.9 Å². The van der Waals surface area contributed by atoms with Crippen molar-refractivity contribution in [1.29, 1.82) is 0 Å². The van der Waals surface area contributed by atoms with Crippen molar-refractivity contribution in [2.24, 2.45) is 5.92 Å². The van der Waals surface area contributed by atoms with Crippen LogP contribution in [0.1, 0.15) is 44.6 Å². The molecule has 2 unspecified atom stereocenters. The summed E-state index contributed by atoms with van der Waals surface area (Å²) in [6.45, 7) is 4.45. The van der Waals surface area contributed by atoms with E-state index < -0.39 is 0 Å². The number of halogens is 2. The zero-order valence-corrected chi connectivity index (χ0v) is 11.6. The maximum Gasteiger partial charge on any atom is 0.126 e. The molecule has 1 aromatic rings. The second kappa shape index (κ2) is 7.05. The molecule has 0 spiro atoms. The molecule has 0 amide bonds. The van der Waals surface area contributed by atoms with Crippen molar-refractivity contribution < 1.29 is 4.39 Å². The van der Waals surface area contributed by atoms with Crippen molar-refractivity contribution in [2.75, 3.05) is 5.33 Å². The Balaban J connectivity index is 2.71. The number of rotatable bonds is 6. The third kappa shape index (κ3) is 3.89. The topological polar surface area (TPSA) is 0 Å². The van der Waals surface area contributed by atoms with E-state index in [4.69, 9.17) is 0 Å². The molecule has 0 nitrogen and oxygen atoms in total. The predicted octanol–water partition coefficient (Wildman–Crippen LogP) is 5.13. The first-order chi connectivity index (χ1) is 7.69. The van der Waals surface area contributed by atoms with Gasteiger partial charge >= 0.3 is 0 Å². The highest BCUT2D eigenvalue weighted by atomic mass is 79.9. The average Bonchev–Trinajstić information content (AvgIpc) is 2.27. The van der Waals surface area contributed by atoms with Crippen LogP contribution in [0.25, 0.3) is 0 Å². The Kier molecular flexibility index (Phi) is 6.04. The van der Waals surface area contributed by atoms with Crippen molar-refractivity contribution in [2.45, 2.75) is 39.0 Å². The lowest BCUT2D eigenvalue weighted by molar-refractivity contribution is 0.444. The SMILES string of the molecule is CCCC(C)CC(CBr)c1ccccc1F. The lowest BCUT2D eigenvalue weighted by Crippen LogP contribution is -2.08. The van der Waals surface area contributed by atoms with E-state index in [2.05, 4.69) is 29.8 Å². The quantitative estimate of drug-likeness (QED) is 0.636. The van der Waals surface area contributed by atoms with Gasteiger partial charge < -0.3 is 0 Å². The largest absolute Gasteiger partial charge is 0.207 e. The van der Waals surface area contributed by atoms with Crippen LogP contribution in [0.15, 0.2) is 24.3 Å². The Morgan fingerprint density at radius 1 is 1.31 bits per heavy atom. The van der Waals surface area contributed by atoms with Crippen LogP contribution in [0, 0.1) is 11.7 Å². The Morgan fingerprint density at radius 2 is 2.00 bits per heavy atom. The Hall–Kier alpha value is -0.370. The molecule has 2 atom stereocenters. The molecule has 0 heterocycles. The fourth-order valence-electron chi connectivity index (χ4n) is 2.18. The van der Waals surface area contributed by atoms with Crippen LogP contribution < -0.4 is 0 Å². The maximum absolute atomic E-state index is 13.6. The van der Waals surface area contributed by atoms with E-state index in [1.807, 2.05) is 12.1 Å². The van der Waals surface area contributed by atoms with Crippen LogP contribution in [0.5, 0.6) is 0 Å². The van der Waals surface area contributed by atoms with Gasteiger partial charge in [0, 0.05) is 5.33 Å². The standard InChI is InChI=1S/C14H20BrF/c1-3-6-11(2)9-12(10-15)13-7-4-5-8-14(13)16/h4-5,7-8,11-12H,3,6,9-10H2,1-2H3. The van der Waals surface area contributed by atoms with Gasteiger partial charge in [0.2, 0.25) is 0 Å². The normalized spacial score (nSPS) is 14.8. The fourth-order valence-corrected chi connectivity index (χ4v) is 2.79. The maximum atomic E-state index is 13.6. The van der Waals surface area contributed by atoms with Crippen LogP contribution in [0.3, 0.4) is 0 Å². The highest BCUT2D eigenvalue weighted by molar-refractivity contribution is 9.09. The zero-order valence-electron chi connectivity index (χ0n) is 10.0. The van der Waals surface area contributed by atoms with Gasteiger partial charge in [-0.2, -0.15) is 0 Å². The Bertz CT molecular complexity index is 311. The summed E-state index contributed by atoms with van der Waals surface area (Å²) in [6, 6.07) is 7.12. The summed E-state index contributed by atoms with van der Waals surface area (Å²) in [5, 5.41) is 0.835. The summed E-state index contributed by atoms with van der Waals surface area (Å²) in [4.78, 5) is 0. The van der Waals surface area contributed by atoms with E-state index in [0.717, 1.165) is 17.3 Å². The van der Waals surface area contributed by atoms with Crippen molar-refractivity contribution in [3.05, 3.63) is 35.6 Å². The molecule has 90 valence electrons. The number of hydrogen-bond donors (Lipinski definition) is 0. The molecular formula is C14H20BrF. The molecular weight excluding hydrogens is 267 g/mol. The first-order valence-corrected chi connectivity index (χ1v) is 7.11. The molecule has 16 heavy (non-hydrogen) atoms. The van der Waals surface area contributed by atoms with Crippen LogP contribution in [-0.4, -0.2) is 5.33 Å². The zero-order chi connectivity index (χ0) is 12.0. The first-order valence-electron chi connectivity index (χ1n) is 5.99. The predicted molar refractivity (Wildman–Crippen MR) is 71.6 cm³/mol. The summed E-state index contributed by atoms with van der Waals surface area (Å²) < 4.78 is 13.6. The Labute approximate surface area is 106 Å². The van der Waals surface area contributed by atoms with Crippen molar-refractivity contribution in [3.63, 3.8) is 0 Å². The highest BCUT2D eigenvalue weighted by Crippen LogP contribution is 2.29. The molecule has 1 aromatic carbocycles. The molecule has 0 aliphatic rings. The number of hydrogen-bond acceptors (Lipinski definition) is 0. The minimum atomic E-state index is -0.0735. The molecule has 2 heteroatoms. The van der Waals surface area contributed by atoms with Gasteiger partial charge in [-0.1, -0.05) is 60.8 Å². The summed E-state index contributed by atoms with van der Waals surface area (Å²) in [7, 11) is 0. The fraction of sp³-hybridized carbons (Fsp3) is 0.571. The third-order valence-electron chi connectivity index (χ3n) is 3.00. The second-order valence-corrected chi connectivity index (χ2v) is 5.15. The number of alkyl halides is 1. The van der Waals surface area contributed by atoms with E-state index >= 15 is 0 Å². The first kappa shape index (κ1) is 13.7. The van der Waals surface area contributed by atoms with Gasteiger partial charge in [0.15, 0.2) is 0 Å². The average molecular weight is 287 g/mol. The third-order valence-corrected chi connectivity index (χ3v) is 3.78. The molecule has 0 fully saturated rings. The van der Waals surface area contributed by atoms with Crippen LogP contribution >= 0.6 is 15.9 Å². The molecule has 0 saturated heterocycles. The summed E-state index contributed by atoms with van der Waals surface area (Å²) in [5.74, 6) is 0.880. The minimum absolute atomic E-state index is 0.0735. The lowest BCUT2D eigenvalue weighted by atomic mass is 9.89. The van der Waals surface area contributed by atoms with E-state index in [0.29, 0.717) is 11.8 Å². The molecule has 0 N–H and O–H groups in total. The molecule has 0 radical (unpaired) electrons. The van der Waals surface area contributed by atoms with Gasteiger partial charge in [-0.15, -0.1) is 0 Å². The molecule has 0 aliphatic carbocycles. The van der Waals surface area contributed by atoms with Crippen LogP contribution in [0.4, 0.5) is 4.39 Å². The van der Waals surface area contributed by atoms with Gasteiger partial charge in [0.05, 0.1) is 0 Å². The summed E-state index contributed by atoms with van der Waals surface area (Å²) >= 11 is 3.50. The van der Waals surface area contributed by atoms with Gasteiger partial charge in [0.25, 0.3) is 0 Å². The molecule has 0 saturated carbocycles. The van der Waals surface area contributed by atoms with Gasteiger partial charge in [-0.3, -0.25) is 0 Å². The van der Waals surface area contributed by atoms with Crippen molar-refractivity contribution in [1.82, 2.24) is 0 Å². The van der Waals surface area contributed by atoms with E-state index in [-0.39, 0.29) is 5.82 Å².